The highest BCUT2D eigenvalue weighted by molar-refractivity contribution is 6.31. The van der Waals surface area contributed by atoms with Gasteiger partial charge in [0.2, 0.25) is 0 Å². The lowest BCUT2D eigenvalue weighted by Crippen LogP contribution is -2.29. The fraction of sp³-hybridized carbons (Fsp3) is 0.261. The number of halogens is 1. The fourth-order valence-electron chi connectivity index (χ4n) is 4.18. The van der Waals surface area contributed by atoms with E-state index in [4.69, 9.17) is 16.9 Å². The molecule has 0 spiro atoms. The molecule has 0 radical (unpaired) electrons. The SMILES string of the molecule is C/C(=N\NC(=O)CC#N)c1ccc2c(c1)[C@@H]1C=CC[C@@H]1[C@H](c1ccccc1Cl)N2. The number of hydrogen-bond acceptors (Lipinski definition) is 4. The highest BCUT2D eigenvalue weighted by Crippen LogP contribution is 2.50. The summed E-state index contributed by atoms with van der Waals surface area (Å²) in [5, 5.41) is 17.2. The monoisotopic (exact) mass is 404 g/mol. The van der Waals surface area contributed by atoms with Crippen LogP contribution >= 0.6 is 11.6 Å². The van der Waals surface area contributed by atoms with E-state index in [1.54, 1.807) is 0 Å². The Morgan fingerprint density at radius 1 is 1.31 bits per heavy atom. The van der Waals surface area contributed by atoms with Crippen molar-refractivity contribution in [3.05, 3.63) is 76.3 Å². The van der Waals surface area contributed by atoms with Crippen molar-refractivity contribution in [1.82, 2.24) is 5.43 Å². The van der Waals surface area contributed by atoms with Crippen molar-refractivity contribution in [2.24, 2.45) is 11.0 Å². The maximum atomic E-state index is 11.5. The van der Waals surface area contributed by atoms with Gasteiger partial charge in [-0.15, -0.1) is 0 Å². The Morgan fingerprint density at radius 3 is 2.93 bits per heavy atom. The standard InChI is InChI=1S/C23H21ClN4O/c1-14(27-28-22(29)11-12-25)15-9-10-21-19(13-15)16-6-4-7-17(16)23(26-21)18-5-2-3-8-20(18)24/h2-6,8-10,13,16-17,23,26H,7,11H2,1H3,(H,28,29)/b27-14+/t16-,17+,23-/m1/s1. The Labute approximate surface area is 175 Å². The van der Waals surface area contributed by atoms with Crippen LogP contribution in [0.1, 0.15) is 48.4 Å². The molecule has 0 unspecified atom stereocenters. The number of hydrogen-bond donors (Lipinski definition) is 2. The molecular weight excluding hydrogens is 384 g/mol. The number of amides is 1. The van der Waals surface area contributed by atoms with Crippen molar-refractivity contribution in [3.63, 3.8) is 0 Å². The third-order valence-corrected chi connectivity index (χ3v) is 5.95. The van der Waals surface area contributed by atoms with Gasteiger partial charge in [-0.25, -0.2) is 5.43 Å². The predicted molar refractivity (Wildman–Crippen MR) is 115 cm³/mol. The smallest absolute Gasteiger partial charge is 0.254 e. The third-order valence-electron chi connectivity index (χ3n) is 5.61. The van der Waals surface area contributed by atoms with E-state index in [1.165, 1.54) is 5.56 Å². The Morgan fingerprint density at radius 2 is 2.14 bits per heavy atom. The summed E-state index contributed by atoms with van der Waals surface area (Å²) >= 11 is 6.49. The first-order valence-corrected chi connectivity index (χ1v) is 9.98. The number of carbonyl (C=O) groups excluding carboxylic acids is 1. The summed E-state index contributed by atoms with van der Waals surface area (Å²) in [7, 11) is 0. The average molecular weight is 405 g/mol. The second-order valence-electron chi connectivity index (χ2n) is 7.37. The van der Waals surface area contributed by atoms with Crippen molar-refractivity contribution >= 4 is 28.9 Å². The van der Waals surface area contributed by atoms with Crippen LogP contribution in [0.2, 0.25) is 5.02 Å². The molecule has 2 aromatic rings. The largest absolute Gasteiger partial charge is 0.378 e. The maximum Gasteiger partial charge on any atom is 0.254 e. The van der Waals surface area contributed by atoms with Crippen molar-refractivity contribution < 1.29 is 4.79 Å². The molecule has 2 aliphatic rings. The van der Waals surface area contributed by atoms with Gasteiger partial charge in [-0.3, -0.25) is 4.79 Å². The number of nitrogens with zero attached hydrogens (tertiary/aromatic N) is 2. The molecular formula is C23H21ClN4O. The Kier molecular flexibility index (Phi) is 5.37. The molecule has 1 amide bonds. The summed E-state index contributed by atoms with van der Waals surface area (Å²) in [6, 6.07) is 16.2. The first kappa shape index (κ1) is 19.2. The van der Waals surface area contributed by atoms with Gasteiger partial charge >= 0.3 is 0 Å². The van der Waals surface area contributed by atoms with Crippen molar-refractivity contribution in [2.45, 2.75) is 31.7 Å². The van der Waals surface area contributed by atoms with Crippen LogP contribution in [-0.4, -0.2) is 11.6 Å². The Hall–Kier alpha value is -3.10. The molecule has 5 nitrogen and oxygen atoms in total. The average Bonchev–Trinajstić information content (AvgIpc) is 3.22. The summed E-state index contributed by atoms with van der Waals surface area (Å²) in [5.41, 5.74) is 7.51. The molecule has 0 saturated heterocycles. The van der Waals surface area contributed by atoms with Crippen molar-refractivity contribution in [3.8, 4) is 6.07 Å². The summed E-state index contributed by atoms with van der Waals surface area (Å²) < 4.78 is 0. The Balaban J connectivity index is 1.64. The van der Waals surface area contributed by atoms with Crippen LogP contribution < -0.4 is 10.7 Å². The number of rotatable bonds is 4. The molecule has 6 heteroatoms. The van der Waals surface area contributed by atoms with Gasteiger partial charge in [-0.1, -0.05) is 48.0 Å². The summed E-state index contributed by atoms with van der Waals surface area (Å²) in [4.78, 5) is 11.5. The molecule has 0 saturated carbocycles. The summed E-state index contributed by atoms with van der Waals surface area (Å²) in [5.74, 6) is 0.284. The number of fused-ring (bicyclic) bond motifs is 3. The van der Waals surface area contributed by atoms with Crippen LogP contribution in [0.3, 0.4) is 0 Å². The first-order chi connectivity index (χ1) is 14.1. The minimum atomic E-state index is -0.409. The van der Waals surface area contributed by atoms with Crippen LogP contribution in [0.15, 0.2) is 59.7 Å². The summed E-state index contributed by atoms with van der Waals surface area (Å²) in [6.45, 7) is 1.85. The van der Waals surface area contributed by atoms with Crippen molar-refractivity contribution in [2.75, 3.05) is 5.32 Å². The quantitative estimate of drug-likeness (QED) is 0.431. The van der Waals surface area contributed by atoms with Crippen LogP contribution in [0, 0.1) is 17.2 Å². The molecule has 1 aliphatic heterocycles. The van der Waals surface area contributed by atoms with Gasteiger partial charge in [-0.05, 0) is 54.2 Å². The highest BCUT2D eigenvalue weighted by atomic mass is 35.5. The number of nitrogens with one attached hydrogen (secondary N) is 2. The lowest BCUT2D eigenvalue weighted by atomic mass is 9.76. The molecule has 2 aromatic carbocycles. The van der Waals surface area contributed by atoms with Gasteiger partial charge in [-0.2, -0.15) is 10.4 Å². The molecule has 0 aromatic heterocycles. The lowest BCUT2D eigenvalue weighted by Gasteiger charge is -2.38. The molecule has 2 N–H and O–H groups in total. The van der Waals surface area contributed by atoms with E-state index in [-0.39, 0.29) is 12.5 Å². The number of nitriles is 1. The van der Waals surface area contributed by atoms with Crippen LogP contribution in [0.25, 0.3) is 0 Å². The van der Waals surface area contributed by atoms with E-state index < -0.39 is 5.91 Å². The Bertz CT molecular complexity index is 1050. The predicted octanol–water partition coefficient (Wildman–Crippen LogP) is 4.92. The van der Waals surface area contributed by atoms with E-state index in [9.17, 15) is 4.79 Å². The number of hydrazone groups is 1. The van der Waals surface area contributed by atoms with Gasteiger partial charge in [0.25, 0.3) is 5.91 Å². The van der Waals surface area contributed by atoms with Gasteiger partial charge in [0.05, 0.1) is 17.8 Å². The zero-order valence-electron chi connectivity index (χ0n) is 16.0. The van der Waals surface area contributed by atoms with E-state index in [1.807, 2.05) is 37.3 Å². The molecule has 29 heavy (non-hydrogen) atoms. The van der Waals surface area contributed by atoms with Crippen LogP contribution in [0.5, 0.6) is 0 Å². The first-order valence-electron chi connectivity index (χ1n) is 9.60. The molecule has 3 atom stereocenters. The fourth-order valence-corrected chi connectivity index (χ4v) is 4.43. The van der Waals surface area contributed by atoms with Crippen LogP contribution in [0.4, 0.5) is 5.69 Å². The second kappa shape index (κ2) is 8.10. The topological polar surface area (TPSA) is 77.3 Å². The van der Waals surface area contributed by atoms with E-state index in [2.05, 4.69) is 46.2 Å². The maximum absolute atomic E-state index is 11.5. The lowest BCUT2D eigenvalue weighted by molar-refractivity contribution is -0.120. The van der Waals surface area contributed by atoms with Crippen LogP contribution in [-0.2, 0) is 4.79 Å². The third kappa shape index (κ3) is 3.76. The minimum Gasteiger partial charge on any atom is -0.378 e. The number of allylic oxidation sites excluding steroid dienone is 2. The normalized spacial score (nSPS) is 22.2. The number of benzene rings is 2. The number of carbonyl (C=O) groups is 1. The van der Waals surface area contributed by atoms with E-state index in [0.717, 1.165) is 28.3 Å². The van der Waals surface area contributed by atoms with E-state index >= 15 is 0 Å². The highest BCUT2D eigenvalue weighted by Gasteiger charge is 2.38. The van der Waals surface area contributed by atoms with E-state index in [0.29, 0.717) is 17.5 Å². The zero-order valence-corrected chi connectivity index (χ0v) is 16.8. The summed E-state index contributed by atoms with van der Waals surface area (Å²) in [6.07, 6.45) is 5.31. The molecule has 0 bridgehead atoms. The zero-order chi connectivity index (χ0) is 20.4. The van der Waals surface area contributed by atoms with Gasteiger partial charge < -0.3 is 5.32 Å². The molecule has 146 valence electrons. The molecule has 1 aliphatic carbocycles. The number of anilines is 1. The molecule has 4 rings (SSSR count). The van der Waals surface area contributed by atoms with Crippen molar-refractivity contribution in [1.29, 1.82) is 5.26 Å². The van der Waals surface area contributed by atoms with Gasteiger partial charge in [0, 0.05) is 16.6 Å². The molecule has 0 fully saturated rings. The van der Waals surface area contributed by atoms with Gasteiger partial charge in [0.1, 0.15) is 6.42 Å². The molecule has 1 heterocycles. The minimum absolute atomic E-state index is 0.155. The van der Waals surface area contributed by atoms with Gasteiger partial charge in [0.15, 0.2) is 0 Å². The second-order valence-corrected chi connectivity index (χ2v) is 7.77.